The average Bonchev–Trinajstić information content (AvgIpc) is 2.71. The van der Waals surface area contributed by atoms with Gasteiger partial charge in [0.2, 0.25) is 5.88 Å². The first kappa shape index (κ1) is 19.6. The molecule has 1 amide bonds. The molecule has 0 unspecified atom stereocenters. The Morgan fingerprint density at radius 2 is 1.76 bits per heavy atom. The van der Waals surface area contributed by atoms with E-state index < -0.39 is 23.0 Å². The largest absolute Gasteiger partial charge is 0.507 e. The van der Waals surface area contributed by atoms with Crippen LogP contribution in [0.25, 0.3) is 0 Å². The molecule has 4 N–H and O–H groups in total. The minimum atomic E-state index is -0.844. The molecule has 0 saturated heterocycles. The van der Waals surface area contributed by atoms with Crippen LogP contribution in [0.4, 0.5) is 0 Å². The Hall–Kier alpha value is -4.14. The summed E-state index contributed by atoms with van der Waals surface area (Å²) in [7, 11) is 0. The third-order valence-electron chi connectivity index (χ3n) is 4.18. The summed E-state index contributed by atoms with van der Waals surface area (Å²) >= 11 is 0. The van der Waals surface area contributed by atoms with Crippen molar-refractivity contribution < 1.29 is 15.0 Å². The maximum Gasteiger partial charge on any atom is 0.331 e. The van der Waals surface area contributed by atoms with Crippen LogP contribution >= 0.6 is 0 Å². The lowest BCUT2D eigenvalue weighted by Crippen LogP contribution is -2.33. The highest BCUT2D eigenvalue weighted by atomic mass is 16.3. The number of nitrogens with zero attached hydrogens (tertiary/aromatic N) is 2. The van der Waals surface area contributed by atoms with Crippen molar-refractivity contribution in [2.45, 2.75) is 13.0 Å². The molecule has 0 aliphatic heterocycles. The number of nitrogens with one attached hydrogen (secondary N) is 2. The first-order chi connectivity index (χ1) is 14.0. The minimum absolute atomic E-state index is 0.00406. The quantitative estimate of drug-likeness (QED) is 0.364. The predicted octanol–water partition coefficient (Wildman–Crippen LogP) is 0.954. The first-order valence-electron chi connectivity index (χ1n) is 8.69. The fourth-order valence-electron chi connectivity index (χ4n) is 2.67. The van der Waals surface area contributed by atoms with Gasteiger partial charge in [-0.2, -0.15) is 5.10 Å². The van der Waals surface area contributed by atoms with E-state index in [9.17, 15) is 24.6 Å². The molecule has 1 heterocycles. The molecule has 9 nitrogen and oxygen atoms in total. The van der Waals surface area contributed by atoms with Gasteiger partial charge in [0.25, 0.3) is 11.5 Å². The molecule has 0 saturated carbocycles. The van der Waals surface area contributed by atoms with E-state index in [1.165, 1.54) is 12.1 Å². The number of para-hydroxylation sites is 1. The van der Waals surface area contributed by atoms with Gasteiger partial charge in [0.05, 0.1) is 11.8 Å². The Morgan fingerprint density at radius 1 is 1.07 bits per heavy atom. The van der Waals surface area contributed by atoms with Crippen LogP contribution in [0.1, 0.15) is 21.5 Å². The zero-order valence-electron chi connectivity index (χ0n) is 15.2. The van der Waals surface area contributed by atoms with Crippen LogP contribution in [0.15, 0.2) is 69.3 Å². The minimum Gasteiger partial charge on any atom is -0.507 e. The molecule has 0 spiro atoms. The number of carbonyl (C=O) groups excluding carboxylic acids is 1. The van der Waals surface area contributed by atoms with Gasteiger partial charge in [0, 0.05) is 6.54 Å². The lowest BCUT2D eigenvalue weighted by molar-refractivity contribution is 0.0952. The van der Waals surface area contributed by atoms with Crippen molar-refractivity contribution in [2.24, 2.45) is 5.10 Å². The summed E-state index contributed by atoms with van der Waals surface area (Å²) < 4.78 is 1.01. The average molecular weight is 394 g/mol. The van der Waals surface area contributed by atoms with Gasteiger partial charge >= 0.3 is 5.69 Å². The Labute approximate surface area is 164 Å². The number of aromatic hydroxyl groups is 2. The van der Waals surface area contributed by atoms with Gasteiger partial charge in [0.15, 0.2) is 0 Å². The zero-order valence-corrected chi connectivity index (χ0v) is 15.2. The van der Waals surface area contributed by atoms with Crippen molar-refractivity contribution in [1.29, 1.82) is 0 Å². The smallest absolute Gasteiger partial charge is 0.331 e. The van der Waals surface area contributed by atoms with Gasteiger partial charge in [-0.25, -0.2) is 10.2 Å². The number of hydrogen-bond donors (Lipinski definition) is 4. The Morgan fingerprint density at radius 3 is 2.48 bits per heavy atom. The van der Waals surface area contributed by atoms with Crippen LogP contribution in [0, 0.1) is 0 Å². The van der Waals surface area contributed by atoms with Crippen molar-refractivity contribution in [2.75, 3.05) is 0 Å². The summed E-state index contributed by atoms with van der Waals surface area (Å²) in [5.41, 5.74) is 1.23. The number of phenols is 1. The number of carbonyl (C=O) groups is 1. The number of hydrogen-bond acceptors (Lipinski definition) is 6. The number of aryl methyl sites for hydroxylation is 1. The van der Waals surface area contributed by atoms with Crippen molar-refractivity contribution in [3.05, 3.63) is 92.1 Å². The second kappa shape index (κ2) is 8.70. The van der Waals surface area contributed by atoms with Crippen LogP contribution in [0.5, 0.6) is 11.6 Å². The molecule has 0 aliphatic rings. The SMILES string of the molecule is O=C(NN=Cc1c(O)n(CCc2ccccc2)c(=O)[nH]c1=O)c1ccccc1O. The van der Waals surface area contributed by atoms with E-state index in [0.29, 0.717) is 6.42 Å². The monoisotopic (exact) mass is 394 g/mol. The fraction of sp³-hybridized carbons (Fsp3) is 0.100. The van der Waals surface area contributed by atoms with Crippen LogP contribution in [-0.2, 0) is 13.0 Å². The van der Waals surface area contributed by atoms with Gasteiger partial charge in [-0.05, 0) is 24.1 Å². The summed E-state index contributed by atoms with van der Waals surface area (Å²) in [4.78, 5) is 38.2. The third kappa shape index (κ3) is 4.59. The van der Waals surface area contributed by atoms with Crippen LogP contribution < -0.4 is 16.7 Å². The maximum atomic E-state index is 12.0. The van der Waals surface area contributed by atoms with E-state index in [1.54, 1.807) is 12.1 Å². The number of hydrazone groups is 1. The molecule has 2 aromatic carbocycles. The standard InChI is InChI=1S/C20H18N4O5/c25-16-9-5-4-8-14(16)18(27)23-21-12-15-17(26)22-20(29)24(19(15)28)11-10-13-6-2-1-3-7-13/h1-9,12,25,28H,10-11H2,(H,23,27)(H,22,26,29). The Bertz CT molecular complexity index is 1170. The molecule has 1 aromatic heterocycles. The summed E-state index contributed by atoms with van der Waals surface area (Å²) in [5.74, 6) is -1.49. The van der Waals surface area contributed by atoms with Gasteiger partial charge < -0.3 is 10.2 Å². The number of H-pyrrole nitrogens is 1. The van der Waals surface area contributed by atoms with E-state index in [0.717, 1.165) is 16.3 Å². The molecular weight excluding hydrogens is 376 g/mol. The maximum absolute atomic E-state index is 12.0. The highest BCUT2D eigenvalue weighted by molar-refractivity contribution is 5.97. The number of benzene rings is 2. The van der Waals surface area contributed by atoms with Gasteiger partial charge in [-0.3, -0.25) is 19.1 Å². The van der Waals surface area contributed by atoms with Crippen LogP contribution in [-0.4, -0.2) is 31.9 Å². The Kier molecular flexibility index (Phi) is 5.88. The lowest BCUT2D eigenvalue weighted by atomic mass is 10.1. The molecule has 3 rings (SSSR count). The van der Waals surface area contributed by atoms with E-state index in [-0.39, 0.29) is 23.4 Å². The zero-order chi connectivity index (χ0) is 20.8. The van der Waals surface area contributed by atoms with Crippen molar-refractivity contribution in [1.82, 2.24) is 15.0 Å². The van der Waals surface area contributed by atoms with Crippen molar-refractivity contribution >= 4 is 12.1 Å². The van der Waals surface area contributed by atoms with E-state index >= 15 is 0 Å². The van der Waals surface area contributed by atoms with Gasteiger partial charge in [-0.15, -0.1) is 0 Å². The van der Waals surface area contributed by atoms with Crippen molar-refractivity contribution in [3.63, 3.8) is 0 Å². The van der Waals surface area contributed by atoms with Crippen molar-refractivity contribution in [3.8, 4) is 11.6 Å². The molecule has 3 aromatic rings. The van der Waals surface area contributed by atoms with E-state index in [1.807, 2.05) is 30.3 Å². The first-order valence-corrected chi connectivity index (χ1v) is 8.69. The van der Waals surface area contributed by atoms with E-state index in [4.69, 9.17) is 0 Å². The fourth-order valence-corrected chi connectivity index (χ4v) is 2.67. The summed E-state index contributed by atoms with van der Waals surface area (Å²) in [6.45, 7) is 0.135. The lowest BCUT2D eigenvalue weighted by Gasteiger charge is -2.09. The number of aromatic nitrogens is 2. The number of amides is 1. The number of phenolic OH excluding ortho intramolecular Hbond substituents is 1. The molecule has 0 fully saturated rings. The van der Waals surface area contributed by atoms with Crippen LogP contribution in [0.3, 0.4) is 0 Å². The topological polar surface area (TPSA) is 137 Å². The van der Waals surface area contributed by atoms with Crippen LogP contribution in [0.2, 0.25) is 0 Å². The molecular formula is C20H18N4O5. The highest BCUT2D eigenvalue weighted by Gasteiger charge is 2.13. The molecule has 9 heteroatoms. The number of aromatic amines is 1. The predicted molar refractivity (Wildman–Crippen MR) is 106 cm³/mol. The van der Waals surface area contributed by atoms with Gasteiger partial charge in [-0.1, -0.05) is 42.5 Å². The summed E-state index contributed by atoms with van der Waals surface area (Å²) in [6.07, 6.45) is 1.39. The molecule has 29 heavy (non-hydrogen) atoms. The summed E-state index contributed by atoms with van der Waals surface area (Å²) in [5, 5.41) is 23.7. The molecule has 0 radical (unpaired) electrons. The third-order valence-corrected chi connectivity index (χ3v) is 4.18. The molecule has 0 aliphatic carbocycles. The Balaban J connectivity index is 1.79. The second-order valence-corrected chi connectivity index (χ2v) is 6.10. The molecule has 148 valence electrons. The highest BCUT2D eigenvalue weighted by Crippen LogP contribution is 2.15. The summed E-state index contributed by atoms with van der Waals surface area (Å²) in [6, 6.07) is 15.2. The number of rotatable bonds is 6. The second-order valence-electron chi connectivity index (χ2n) is 6.10. The normalized spacial score (nSPS) is 10.9. The van der Waals surface area contributed by atoms with Gasteiger partial charge in [0.1, 0.15) is 11.3 Å². The molecule has 0 atom stereocenters. The molecule has 0 bridgehead atoms. The van der Waals surface area contributed by atoms with E-state index in [2.05, 4.69) is 15.5 Å².